The Kier molecular flexibility index (Phi) is 2.69. The first-order chi connectivity index (χ1) is 4.68. The van der Waals surface area contributed by atoms with Gasteiger partial charge in [-0.05, 0) is 24.6 Å². The van der Waals surface area contributed by atoms with Crippen molar-refractivity contribution in [3.05, 3.63) is 0 Å². The summed E-state index contributed by atoms with van der Waals surface area (Å²) < 4.78 is 23.5. The minimum atomic E-state index is -2.10. The van der Waals surface area contributed by atoms with Crippen molar-refractivity contribution in [3.8, 4) is 0 Å². The van der Waals surface area contributed by atoms with Crippen LogP contribution in [0.15, 0.2) is 0 Å². The second-order valence-corrected chi connectivity index (χ2v) is 3.41. The molecule has 0 radical (unpaired) electrons. The maximum absolute atomic E-state index is 11.8. The second kappa shape index (κ2) is 3.36. The van der Waals surface area contributed by atoms with Gasteiger partial charge >= 0.3 is 7.27 Å². The normalized spacial score (nSPS) is 20.7. The lowest BCUT2D eigenvalue weighted by Crippen LogP contribution is -2.05. The summed E-state index contributed by atoms with van der Waals surface area (Å²) in [5.74, 6) is 1.02. The van der Waals surface area contributed by atoms with Crippen molar-refractivity contribution in [2.45, 2.75) is 32.5 Å². The van der Waals surface area contributed by atoms with Crippen LogP contribution in [0.1, 0.15) is 26.2 Å². The predicted octanol–water partition coefficient (Wildman–Crippen LogP) is 2.85. The summed E-state index contributed by atoms with van der Waals surface area (Å²) in [5, 5.41) is 0. The Labute approximate surface area is 61.2 Å². The lowest BCUT2D eigenvalue weighted by Gasteiger charge is -2.06. The van der Waals surface area contributed by atoms with E-state index in [-0.39, 0.29) is 12.2 Å². The molecule has 1 atom stereocenters. The van der Waals surface area contributed by atoms with Crippen LogP contribution in [0.4, 0.5) is 8.63 Å². The number of hydrogen-bond acceptors (Lipinski definition) is 0. The van der Waals surface area contributed by atoms with Crippen LogP contribution in [0, 0.1) is 11.8 Å². The Hall–Kier alpha value is -0.0751. The molecule has 0 heterocycles. The summed E-state index contributed by atoms with van der Waals surface area (Å²) in [6, 6.07) is 0. The van der Waals surface area contributed by atoms with E-state index in [9.17, 15) is 8.63 Å². The second-order valence-electron chi connectivity index (χ2n) is 3.41. The highest BCUT2D eigenvalue weighted by Gasteiger charge is 2.26. The molecule has 1 fully saturated rings. The summed E-state index contributed by atoms with van der Waals surface area (Å²) in [7, 11) is -2.10. The van der Waals surface area contributed by atoms with Crippen LogP contribution in [-0.2, 0) is 0 Å². The Morgan fingerprint density at radius 3 is 2.50 bits per heavy atom. The van der Waals surface area contributed by atoms with Gasteiger partial charge in [0.2, 0.25) is 0 Å². The third kappa shape index (κ3) is 3.18. The molecule has 1 saturated carbocycles. The predicted molar refractivity (Wildman–Crippen MR) is 39.3 cm³/mol. The fraction of sp³-hybridized carbons (Fsp3) is 1.00. The molecule has 0 aromatic carbocycles. The van der Waals surface area contributed by atoms with Crippen LogP contribution in [0.25, 0.3) is 0 Å². The quantitative estimate of drug-likeness (QED) is 0.535. The first-order valence-electron chi connectivity index (χ1n) is 3.96. The minimum absolute atomic E-state index is 0.0938. The van der Waals surface area contributed by atoms with Gasteiger partial charge in [0.25, 0.3) is 0 Å². The van der Waals surface area contributed by atoms with E-state index in [4.69, 9.17) is 0 Å². The van der Waals surface area contributed by atoms with E-state index >= 15 is 0 Å². The molecule has 0 amide bonds. The van der Waals surface area contributed by atoms with Gasteiger partial charge in [0.05, 0.1) is 0 Å². The van der Waals surface area contributed by atoms with Crippen molar-refractivity contribution in [2.75, 3.05) is 0 Å². The van der Waals surface area contributed by atoms with E-state index in [1.165, 1.54) is 12.8 Å². The Morgan fingerprint density at radius 1 is 1.50 bits per heavy atom. The van der Waals surface area contributed by atoms with Crippen molar-refractivity contribution in [1.29, 1.82) is 0 Å². The molecular weight excluding hydrogens is 133 g/mol. The number of rotatable bonds is 4. The molecule has 0 bridgehead atoms. The van der Waals surface area contributed by atoms with Crippen LogP contribution >= 0.6 is 0 Å². The first-order valence-corrected chi connectivity index (χ1v) is 3.96. The van der Waals surface area contributed by atoms with Gasteiger partial charge in [-0.1, -0.05) is 19.8 Å². The number of halogens is 2. The maximum Gasteiger partial charge on any atom is 0.538 e. The van der Waals surface area contributed by atoms with Gasteiger partial charge in [0, 0.05) is 0 Å². The van der Waals surface area contributed by atoms with E-state index in [1.54, 1.807) is 0 Å². The molecule has 1 rings (SSSR count). The topological polar surface area (TPSA) is 0 Å². The van der Waals surface area contributed by atoms with Crippen molar-refractivity contribution in [3.63, 3.8) is 0 Å². The lowest BCUT2D eigenvalue weighted by molar-refractivity contribution is 0.506. The molecule has 0 spiro atoms. The lowest BCUT2D eigenvalue weighted by atomic mass is 9.82. The zero-order chi connectivity index (χ0) is 7.56. The minimum Gasteiger partial charge on any atom is -0.287 e. The van der Waals surface area contributed by atoms with E-state index in [2.05, 4.69) is 0 Å². The highest BCUT2D eigenvalue weighted by molar-refractivity contribution is 6.42. The van der Waals surface area contributed by atoms with Gasteiger partial charge in [-0.2, -0.15) is 0 Å². The number of hydrogen-bond donors (Lipinski definition) is 0. The smallest absolute Gasteiger partial charge is 0.287 e. The fourth-order valence-corrected chi connectivity index (χ4v) is 1.32. The van der Waals surface area contributed by atoms with Crippen LogP contribution in [0.5, 0.6) is 0 Å². The largest absolute Gasteiger partial charge is 0.538 e. The molecule has 1 aliphatic rings. The highest BCUT2D eigenvalue weighted by atomic mass is 19.2. The third-order valence-corrected chi connectivity index (χ3v) is 2.01. The van der Waals surface area contributed by atoms with E-state index in [1.807, 2.05) is 6.92 Å². The average molecular weight is 146 g/mol. The summed E-state index contributed by atoms with van der Waals surface area (Å²) in [6.07, 6.45) is 3.65. The molecular formula is C7H13BF2. The zero-order valence-electron chi connectivity index (χ0n) is 6.32. The zero-order valence-corrected chi connectivity index (χ0v) is 6.32. The van der Waals surface area contributed by atoms with Crippen molar-refractivity contribution < 1.29 is 8.63 Å². The molecule has 0 aromatic rings. The van der Waals surface area contributed by atoms with Crippen molar-refractivity contribution in [2.24, 2.45) is 11.8 Å². The van der Waals surface area contributed by atoms with Gasteiger partial charge in [-0.15, -0.1) is 0 Å². The van der Waals surface area contributed by atoms with Gasteiger partial charge in [0.15, 0.2) is 0 Å². The molecule has 1 unspecified atom stereocenters. The van der Waals surface area contributed by atoms with E-state index in [0.717, 1.165) is 12.3 Å². The Balaban J connectivity index is 2.02. The van der Waals surface area contributed by atoms with E-state index in [0.29, 0.717) is 0 Å². The van der Waals surface area contributed by atoms with Crippen LogP contribution in [0.2, 0.25) is 6.32 Å². The average Bonchev–Trinajstić information content (AvgIpc) is 2.46. The summed E-state index contributed by atoms with van der Waals surface area (Å²) in [4.78, 5) is 0. The van der Waals surface area contributed by atoms with Crippen molar-refractivity contribution in [1.82, 2.24) is 0 Å². The maximum atomic E-state index is 11.8. The monoisotopic (exact) mass is 146 g/mol. The third-order valence-electron chi connectivity index (χ3n) is 2.01. The van der Waals surface area contributed by atoms with Gasteiger partial charge in [0.1, 0.15) is 0 Å². The first kappa shape index (κ1) is 8.03. The van der Waals surface area contributed by atoms with Gasteiger partial charge in [-0.25, -0.2) is 0 Å². The molecule has 0 aliphatic heterocycles. The highest BCUT2D eigenvalue weighted by Crippen LogP contribution is 2.36. The molecule has 0 N–H and O–H groups in total. The summed E-state index contributed by atoms with van der Waals surface area (Å²) in [5.41, 5.74) is 0. The standard InChI is InChI=1S/C7H13BF2/c1-6(5-8(9)10)4-7-2-3-7/h6-7H,2-5H2,1H3. The van der Waals surface area contributed by atoms with Gasteiger partial charge in [-0.3, -0.25) is 8.63 Å². The Bertz CT molecular complexity index is 97.8. The molecule has 3 heteroatoms. The summed E-state index contributed by atoms with van der Waals surface area (Å²) >= 11 is 0. The van der Waals surface area contributed by atoms with E-state index < -0.39 is 7.27 Å². The molecule has 0 saturated heterocycles. The van der Waals surface area contributed by atoms with Crippen LogP contribution < -0.4 is 0 Å². The fourth-order valence-electron chi connectivity index (χ4n) is 1.32. The molecule has 0 aromatic heterocycles. The SMILES string of the molecule is CC(CB(F)F)CC1CC1. The Morgan fingerprint density at radius 2 is 2.10 bits per heavy atom. The van der Waals surface area contributed by atoms with Crippen LogP contribution in [0.3, 0.4) is 0 Å². The van der Waals surface area contributed by atoms with Gasteiger partial charge < -0.3 is 0 Å². The van der Waals surface area contributed by atoms with Crippen molar-refractivity contribution >= 4 is 7.27 Å². The molecule has 1 aliphatic carbocycles. The summed E-state index contributed by atoms with van der Waals surface area (Å²) in [6.45, 7) is 1.92. The molecule has 10 heavy (non-hydrogen) atoms. The molecule has 58 valence electrons. The van der Waals surface area contributed by atoms with Crippen LogP contribution in [-0.4, -0.2) is 7.27 Å². The molecule has 0 nitrogen and oxygen atoms in total.